The summed E-state index contributed by atoms with van der Waals surface area (Å²) in [7, 11) is 0. The second kappa shape index (κ2) is 5.85. The molecule has 1 aliphatic heterocycles. The third-order valence-corrected chi connectivity index (χ3v) is 3.51. The van der Waals surface area contributed by atoms with Crippen LogP contribution >= 0.6 is 0 Å². The summed E-state index contributed by atoms with van der Waals surface area (Å²) < 4.78 is 26.1. The van der Waals surface area contributed by atoms with Crippen LogP contribution in [0.2, 0.25) is 0 Å². The fourth-order valence-corrected chi connectivity index (χ4v) is 2.18. The number of anilines is 1. The first-order valence-electron chi connectivity index (χ1n) is 6.55. The second-order valence-corrected chi connectivity index (χ2v) is 5.45. The number of hydrogen-bond donors (Lipinski definition) is 2. The highest BCUT2D eigenvalue weighted by molar-refractivity contribution is 5.92. The second-order valence-electron chi connectivity index (χ2n) is 5.45. The minimum absolute atomic E-state index is 0.0274. The third kappa shape index (κ3) is 3.98. The Kier molecular flexibility index (Phi) is 4.35. The molecule has 1 saturated heterocycles. The Hall–Kier alpha value is -1.53. The summed E-state index contributed by atoms with van der Waals surface area (Å²) in [5.41, 5.74) is -0.698. The normalized spacial score (nSPS) is 18.8. The molecule has 2 rings (SSSR count). The van der Waals surface area contributed by atoms with Gasteiger partial charge in [-0.3, -0.25) is 9.69 Å². The van der Waals surface area contributed by atoms with Crippen molar-refractivity contribution in [1.29, 1.82) is 0 Å². The number of halogens is 2. The Morgan fingerprint density at radius 2 is 2.05 bits per heavy atom. The number of carbonyl (C=O) groups excluding carboxylic acids is 1. The van der Waals surface area contributed by atoms with Crippen LogP contribution in [0.1, 0.15) is 19.8 Å². The molecule has 2 N–H and O–H groups in total. The first kappa shape index (κ1) is 14.9. The molecule has 1 heterocycles. The van der Waals surface area contributed by atoms with Crippen LogP contribution < -0.4 is 5.32 Å². The number of nitrogens with zero attached hydrogens (tertiary/aromatic N) is 1. The lowest BCUT2D eigenvalue weighted by molar-refractivity contribution is -0.118. The molecule has 1 aliphatic rings. The van der Waals surface area contributed by atoms with Gasteiger partial charge in [0.1, 0.15) is 11.6 Å². The van der Waals surface area contributed by atoms with Crippen LogP contribution in [0.5, 0.6) is 0 Å². The van der Waals surface area contributed by atoms with Gasteiger partial charge >= 0.3 is 0 Å². The van der Waals surface area contributed by atoms with Crippen molar-refractivity contribution in [2.24, 2.45) is 0 Å². The van der Waals surface area contributed by atoms with Gasteiger partial charge < -0.3 is 10.4 Å². The van der Waals surface area contributed by atoms with Gasteiger partial charge in [-0.15, -0.1) is 0 Å². The van der Waals surface area contributed by atoms with Gasteiger partial charge in [0, 0.05) is 19.2 Å². The van der Waals surface area contributed by atoms with Crippen molar-refractivity contribution in [3.8, 4) is 0 Å². The Labute approximate surface area is 116 Å². The SMILES string of the molecule is CC1(O)CCN(CC(=O)Nc2ccc(F)cc2F)CC1. The maximum Gasteiger partial charge on any atom is 0.238 e. The van der Waals surface area contributed by atoms with Gasteiger partial charge in [-0.05, 0) is 31.9 Å². The fraction of sp³-hybridized carbons (Fsp3) is 0.500. The van der Waals surface area contributed by atoms with E-state index in [-0.39, 0.29) is 18.1 Å². The van der Waals surface area contributed by atoms with Crippen molar-refractivity contribution in [2.45, 2.75) is 25.4 Å². The van der Waals surface area contributed by atoms with Crippen molar-refractivity contribution in [2.75, 3.05) is 25.0 Å². The summed E-state index contributed by atoms with van der Waals surface area (Å²) in [5.74, 6) is -1.82. The van der Waals surface area contributed by atoms with Gasteiger partial charge in [-0.2, -0.15) is 0 Å². The smallest absolute Gasteiger partial charge is 0.238 e. The van der Waals surface area contributed by atoms with E-state index in [1.54, 1.807) is 6.92 Å². The number of benzene rings is 1. The number of hydrogen-bond acceptors (Lipinski definition) is 3. The minimum atomic E-state index is -0.792. The van der Waals surface area contributed by atoms with E-state index in [2.05, 4.69) is 5.32 Å². The van der Waals surface area contributed by atoms with Gasteiger partial charge in [0.05, 0.1) is 17.8 Å². The standard InChI is InChI=1S/C14H18F2N2O2/c1-14(20)4-6-18(7-5-14)9-13(19)17-12-3-2-10(15)8-11(12)16/h2-3,8,20H,4-7,9H2,1H3,(H,17,19). The van der Waals surface area contributed by atoms with Gasteiger partial charge in [-0.1, -0.05) is 0 Å². The van der Waals surface area contributed by atoms with Gasteiger partial charge in [0.2, 0.25) is 5.91 Å². The molecule has 0 bridgehead atoms. The Balaban J connectivity index is 1.87. The average molecular weight is 284 g/mol. The van der Waals surface area contributed by atoms with E-state index in [4.69, 9.17) is 0 Å². The van der Waals surface area contributed by atoms with Crippen molar-refractivity contribution < 1.29 is 18.7 Å². The van der Waals surface area contributed by atoms with Gasteiger partial charge in [0.15, 0.2) is 0 Å². The van der Waals surface area contributed by atoms with E-state index in [1.807, 2.05) is 4.90 Å². The largest absolute Gasteiger partial charge is 0.390 e. The molecular formula is C14H18F2N2O2. The Morgan fingerprint density at radius 3 is 2.65 bits per heavy atom. The van der Waals surface area contributed by atoms with Gasteiger partial charge in [0.25, 0.3) is 0 Å². The van der Waals surface area contributed by atoms with Crippen LogP contribution in [-0.4, -0.2) is 41.1 Å². The number of amides is 1. The van der Waals surface area contributed by atoms with Crippen molar-refractivity contribution in [3.63, 3.8) is 0 Å². The number of nitrogens with one attached hydrogen (secondary N) is 1. The zero-order valence-electron chi connectivity index (χ0n) is 11.3. The fourth-order valence-electron chi connectivity index (χ4n) is 2.18. The lowest BCUT2D eigenvalue weighted by Gasteiger charge is -2.35. The highest BCUT2D eigenvalue weighted by atomic mass is 19.1. The molecule has 1 aromatic rings. The molecule has 0 atom stereocenters. The minimum Gasteiger partial charge on any atom is -0.390 e. The van der Waals surface area contributed by atoms with Crippen molar-refractivity contribution in [3.05, 3.63) is 29.8 Å². The summed E-state index contributed by atoms with van der Waals surface area (Å²) in [6.07, 6.45) is 1.20. The molecule has 0 aromatic heterocycles. The Morgan fingerprint density at radius 1 is 1.40 bits per heavy atom. The van der Waals surface area contributed by atoms with Crippen LogP contribution in [0.4, 0.5) is 14.5 Å². The molecule has 0 unspecified atom stereocenters. The molecule has 110 valence electrons. The molecule has 6 heteroatoms. The number of likely N-dealkylation sites (tertiary alicyclic amines) is 1. The quantitative estimate of drug-likeness (QED) is 0.889. The molecule has 0 radical (unpaired) electrons. The van der Waals surface area contributed by atoms with Gasteiger partial charge in [-0.25, -0.2) is 8.78 Å². The molecular weight excluding hydrogens is 266 g/mol. The summed E-state index contributed by atoms with van der Waals surface area (Å²) in [4.78, 5) is 13.7. The number of rotatable bonds is 3. The summed E-state index contributed by atoms with van der Waals surface area (Å²) in [6.45, 7) is 3.14. The summed E-state index contributed by atoms with van der Waals surface area (Å²) >= 11 is 0. The lowest BCUT2D eigenvalue weighted by Crippen LogP contribution is -2.45. The molecule has 1 fully saturated rings. The molecule has 0 saturated carbocycles. The molecule has 1 aromatic carbocycles. The van der Waals surface area contributed by atoms with Crippen LogP contribution in [0, 0.1) is 11.6 Å². The molecule has 4 nitrogen and oxygen atoms in total. The van der Waals surface area contributed by atoms with Crippen LogP contribution in [-0.2, 0) is 4.79 Å². The monoisotopic (exact) mass is 284 g/mol. The molecule has 0 spiro atoms. The summed E-state index contributed by atoms with van der Waals surface area (Å²) in [5, 5.41) is 12.2. The topological polar surface area (TPSA) is 52.6 Å². The number of carbonyl (C=O) groups is 1. The van der Waals surface area contributed by atoms with E-state index in [1.165, 1.54) is 6.07 Å². The third-order valence-electron chi connectivity index (χ3n) is 3.51. The molecule has 20 heavy (non-hydrogen) atoms. The lowest BCUT2D eigenvalue weighted by atomic mass is 9.94. The molecule has 0 aliphatic carbocycles. The zero-order chi connectivity index (χ0) is 14.8. The van der Waals surface area contributed by atoms with E-state index in [0.717, 1.165) is 12.1 Å². The van der Waals surface area contributed by atoms with Crippen LogP contribution in [0.15, 0.2) is 18.2 Å². The van der Waals surface area contributed by atoms with Crippen molar-refractivity contribution >= 4 is 11.6 Å². The van der Waals surface area contributed by atoms with E-state index >= 15 is 0 Å². The van der Waals surface area contributed by atoms with Crippen LogP contribution in [0.3, 0.4) is 0 Å². The molecule has 1 amide bonds. The predicted octanol–water partition coefficient (Wildman–Crippen LogP) is 1.75. The summed E-state index contributed by atoms with van der Waals surface area (Å²) in [6, 6.07) is 3.02. The first-order chi connectivity index (χ1) is 9.35. The van der Waals surface area contributed by atoms with E-state index in [9.17, 15) is 18.7 Å². The maximum atomic E-state index is 13.4. The predicted molar refractivity (Wildman–Crippen MR) is 71.3 cm³/mol. The number of piperidine rings is 1. The van der Waals surface area contributed by atoms with E-state index < -0.39 is 17.2 Å². The van der Waals surface area contributed by atoms with E-state index in [0.29, 0.717) is 25.9 Å². The zero-order valence-corrected chi connectivity index (χ0v) is 11.3. The Bertz CT molecular complexity index is 496. The van der Waals surface area contributed by atoms with Crippen molar-refractivity contribution in [1.82, 2.24) is 4.90 Å². The highest BCUT2D eigenvalue weighted by Gasteiger charge is 2.28. The average Bonchev–Trinajstić information content (AvgIpc) is 2.35. The first-order valence-corrected chi connectivity index (χ1v) is 6.55. The number of aliphatic hydroxyl groups is 1. The van der Waals surface area contributed by atoms with Crippen LogP contribution in [0.25, 0.3) is 0 Å². The highest BCUT2D eigenvalue weighted by Crippen LogP contribution is 2.21. The maximum absolute atomic E-state index is 13.4.